The first-order valence-corrected chi connectivity index (χ1v) is 12.6. The zero-order chi connectivity index (χ0) is 23.9. The number of ether oxygens (including phenoxy) is 1. The van der Waals surface area contributed by atoms with E-state index in [1.807, 2.05) is 54.3 Å². The van der Waals surface area contributed by atoms with E-state index in [0.29, 0.717) is 35.2 Å². The second-order valence-electron chi connectivity index (χ2n) is 9.48. The van der Waals surface area contributed by atoms with E-state index in [2.05, 4.69) is 21.6 Å². The summed E-state index contributed by atoms with van der Waals surface area (Å²) in [5.41, 5.74) is 4.65. The number of nitriles is 1. The molecule has 0 spiro atoms. The minimum Gasteiger partial charge on any atom is -0.370 e. The Morgan fingerprint density at radius 1 is 1.24 bits per heavy atom. The van der Waals surface area contributed by atoms with Crippen molar-refractivity contribution in [3.8, 4) is 6.07 Å². The Labute approximate surface area is 203 Å². The molecule has 2 aliphatic heterocycles. The fraction of sp³-hybridized carbons (Fsp3) is 0.440. The van der Waals surface area contributed by atoms with Crippen LogP contribution in [0, 0.1) is 18.3 Å². The number of thioether (sulfide) groups is 1. The van der Waals surface area contributed by atoms with E-state index in [-0.39, 0.29) is 17.3 Å². The van der Waals surface area contributed by atoms with E-state index in [0.717, 1.165) is 48.3 Å². The predicted molar refractivity (Wildman–Crippen MR) is 131 cm³/mol. The first-order valence-electron chi connectivity index (χ1n) is 11.6. The maximum Gasteiger partial charge on any atom is 0.233 e. The molecule has 3 aromatic rings. The van der Waals surface area contributed by atoms with Gasteiger partial charge in [0.1, 0.15) is 11.9 Å². The van der Waals surface area contributed by atoms with Crippen LogP contribution in [0.5, 0.6) is 0 Å². The highest BCUT2D eigenvalue weighted by atomic mass is 32.2. The summed E-state index contributed by atoms with van der Waals surface area (Å²) in [4.78, 5) is 14.6. The molecule has 4 heterocycles. The van der Waals surface area contributed by atoms with Crippen molar-refractivity contribution >= 4 is 34.8 Å². The average molecular weight is 477 g/mol. The van der Waals surface area contributed by atoms with E-state index in [1.165, 1.54) is 11.8 Å². The van der Waals surface area contributed by atoms with E-state index in [1.54, 1.807) is 0 Å². The van der Waals surface area contributed by atoms with Gasteiger partial charge in [-0.3, -0.25) is 9.20 Å². The van der Waals surface area contributed by atoms with E-state index < -0.39 is 0 Å². The standard InChI is InChI=1S/C25H28N6O2S/c1-16-8-4-5-9-20(16)27-22-18(13-26)17-12-25(2,3)33-14-19(17)23-28-29-24(31(22)23)34-15-21(32)30-10-6-7-11-30/h4-5,8-9,27H,6-7,10-12,14-15H2,1-3H3. The summed E-state index contributed by atoms with van der Waals surface area (Å²) in [6.07, 6.45) is 2.72. The second kappa shape index (κ2) is 8.93. The molecule has 2 aliphatic rings. The summed E-state index contributed by atoms with van der Waals surface area (Å²) in [5, 5.41) is 23.3. The maximum absolute atomic E-state index is 12.7. The number of hydrogen-bond acceptors (Lipinski definition) is 7. The number of likely N-dealkylation sites (tertiary alicyclic amines) is 1. The van der Waals surface area contributed by atoms with E-state index in [4.69, 9.17) is 4.74 Å². The highest BCUT2D eigenvalue weighted by Gasteiger charge is 2.33. The molecule has 0 atom stereocenters. The van der Waals surface area contributed by atoms with Gasteiger partial charge in [0.15, 0.2) is 10.8 Å². The SMILES string of the molecule is Cc1ccccc1Nc1c(C#N)c2c(c3nnc(SCC(=O)N4CCCC4)n13)COC(C)(C)C2. The minimum atomic E-state index is -0.378. The zero-order valence-corrected chi connectivity index (χ0v) is 20.5. The third-order valence-corrected chi connectivity index (χ3v) is 7.45. The molecule has 1 aromatic carbocycles. The number of amides is 1. The molecular weight excluding hydrogens is 448 g/mol. The van der Waals surface area contributed by atoms with Gasteiger partial charge in [-0.2, -0.15) is 5.26 Å². The van der Waals surface area contributed by atoms with Crippen molar-refractivity contribution in [2.24, 2.45) is 0 Å². The number of aryl methyl sites for hydroxylation is 1. The molecule has 0 aliphatic carbocycles. The Kier molecular flexibility index (Phi) is 5.96. The second-order valence-corrected chi connectivity index (χ2v) is 10.4. The van der Waals surface area contributed by atoms with Crippen LogP contribution in [0.15, 0.2) is 29.4 Å². The van der Waals surface area contributed by atoms with Crippen LogP contribution in [0.4, 0.5) is 11.5 Å². The molecule has 176 valence electrons. The van der Waals surface area contributed by atoms with Crippen LogP contribution in [-0.4, -0.2) is 49.8 Å². The lowest BCUT2D eigenvalue weighted by Crippen LogP contribution is -2.33. The van der Waals surface area contributed by atoms with Gasteiger partial charge in [0.2, 0.25) is 5.91 Å². The predicted octanol–water partition coefficient (Wildman–Crippen LogP) is 4.22. The lowest BCUT2D eigenvalue weighted by atomic mass is 9.89. The number of rotatable bonds is 5. The van der Waals surface area contributed by atoms with Crippen LogP contribution in [-0.2, 0) is 22.6 Å². The molecule has 9 heteroatoms. The molecule has 1 saturated heterocycles. The summed E-state index contributed by atoms with van der Waals surface area (Å²) < 4.78 is 7.96. The summed E-state index contributed by atoms with van der Waals surface area (Å²) in [6, 6.07) is 10.4. The number of para-hydroxylation sites is 1. The van der Waals surface area contributed by atoms with Crippen molar-refractivity contribution in [3.63, 3.8) is 0 Å². The Balaban J connectivity index is 1.62. The van der Waals surface area contributed by atoms with Gasteiger partial charge in [-0.1, -0.05) is 30.0 Å². The monoisotopic (exact) mass is 476 g/mol. The van der Waals surface area contributed by atoms with Crippen molar-refractivity contribution in [1.82, 2.24) is 19.5 Å². The minimum absolute atomic E-state index is 0.108. The number of benzene rings is 1. The number of hydrogen-bond donors (Lipinski definition) is 1. The van der Waals surface area contributed by atoms with Crippen LogP contribution in [0.1, 0.15) is 48.9 Å². The zero-order valence-electron chi connectivity index (χ0n) is 19.7. The largest absolute Gasteiger partial charge is 0.370 e. The Hall–Kier alpha value is -3.09. The fourth-order valence-electron chi connectivity index (χ4n) is 4.66. The number of carbonyl (C=O) groups excluding carboxylic acids is 1. The highest BCUT2D eigenvalue weighted by molar-refractivity contribution is 7.99. The molecule has 8 nitrogen and oxygen atoms in total. The van der Waals surface area contributed by atoms with Crippen LogP contribution >= 0.6 is 11.8 Å². The maximum atomic E-state index is 12.7. The normalized spacial score (nSPS) is 16.9. The quantitative estimate of drug-likeness (QED) is 0.551. The van der Waals surface area contributed by atoms with Crippen LogP contribution in [0.2, 0.25) is 0 Å². The molecular formula is C25H28N6O2S. The van der Waals surface area contributed by atoms with Crippen molar-refractivity contribution in [1.29, 1.82) is 5.26 Å². The lowest BCUT2D eigenvalue weighted by Gasteiger charge is -2.33. The van der Waals surface area contributed by atoms with Crippen LogP contribution in [0.3, 0.4) is 0 Å². The van der Waals surface area contributed by atoms with Gasteiger partial charge in [-0.25, -0.2) is 0 Å². The first kappa shape index (κ1) is 22.7. The molecule has 0 unspecified atom stereocenters. The summed E-state index contributed by atoms with van der Waals surface area (Å²) in [7, 11) is 0. The van der Waals surface area contributed by atoms with Crippen molar-refractivity contribution < 1.29 is 9.53 Å². The number of nitrogens with zero attached hydrogens (tertiary/aromatic N) is 5. The molecule has 0 bridgehead atoms. The smallest absolute Gasteiger partial charge is 0.233 e. The van der Waals surface area contributed by atoms with Gasteiger partial charge >= 0.3 is 0 Å². The van der Waals surface area contributed by atoms with Gasteiger partial charge in [-0.15, -0.1) is 10.2 Å². The van der Waals surface area contributed by atoms with Crippen molar-refractivity contribution in [2.45, 2.75) is 57.4 Å². The van der Waals surface area contributed by atoms with Crippen LogP contribution < -0.4 is 5.32 Å². The number of nitrogens with one attached hydrogen (secondary N) is 1. The summed E-state index contributed by atoms with van der Waals surface area (Å²) in [5.74, 6) is 1.02. The van der Waals surface area contributed by atoms with Gasteiger partial charge in [0.05, 0.1) is 23.5 Å². The summed E-state index contributed by atoms with van der Waals surface area (Å²) >= 11 is 1.36. The lowest BCUT2D eigenvalue weighted by molar-refractivity contribution is -0.127. The number of anilines is 2. The number of carbonyl (C=O) groups is 1. The molecule has 2 aromatic heterocycles. The molecule has 1 fully saturated rings. The third-order valence-electron chi connectivity index (χ3n) is 6.53. The molecule has 0 saturated carbocycles. The Morgan fingerprint density at radius 2 is 2.00 bits per heavy atom. The third kappa shape index (κ3) is 4.12. The van der Waals surface area contributed by atoms with Crippen LogP contribution in [0.25, 0.3) is 5.65 Å². The summed E-state index contributed by atoms with van der Waals surface area (Å²) in [6.45, 7) is 8.09. The number of pyridine rings is 1. The van der Waals surface area contributed by atoms with Gasteiger partial charge in [0, 0.05) is 30.8 Å². The number of aromatic nitrogens is 3. The first-order chi connectivity index (χ1) is 16.4. The van der Waals surface area contributed by atoms with Gasteiger partial charge in [0.25, 0.3) is 0 Å². The topological polar surface area (TPSA) is 95.5 Å². The Bertz CT molecular complexity index is 1300. The highest BCUT2D eigenvalue weighted by Crippen LogP contribution is 2.38. The number of fused-ring (bicyclic) bond motifs is 3. The van der Waals surface area contributed by atoms with E-state index in [9.17, 15) is 10.1 Å². The average Bonchev–Trinajstić information content (AvgIpc) is 3.49. The molecule has 0 radical (unpaired) electrons. The molecule has 1 N–H and O–H groups in total. The molecule has 34 heavy (non-hydrogen) atoms. The molecule has 5 rings (SSSR count). The van der Waals surface area contributed by atoms with Crippen molar-refractivity contribution in [3.05, 3.63) is 46.5 Å². The fourth-order valence-corrected chi connectivity index (χ4v) is 5.50. The van der Waals surface area contributed by atoms with E-state index >= 15 is 0 Å². The van der Waals surface area contributed by atoms with Crippen molar-refractivity contribution in [2.75, 3.05) is 24.2 Å². The molecule has 1 amide bonds. The Morgan fingerprint density at radius 3 is 2.74 bits per heavy atom. The van der Waals surface area contributed by atoms with Gasteiger partial charge in [-0.05, 0) is 50.8 Å². The van der Waals surface area contributed by atoms with Gasteiger partial charge < -0.3 is 15.0 Å².